The van der Waals surface area contributed by atoms with E-state index in [0.29, 0.717) is 53.0 Å². The zero-order valence-corrected chi connectivity index (χ0v) is 20.4. The van der Waals surface area contributed by atoms with Gasteiger partial charge in [0.25, 0.3) is 5.91 Å². The maximum atomic E-state index is 12.6. The van der Waals surface area contributed by atoms with Crippen LogP contribution in [-0.4, -0.2) is 61.8 Å². The number of benzene rings is 2. The Labute approximate surface area is 209 Å². The van der Waals surface area contributed by atoms with E-state index >= 15 is 0 Å². The number of esters is 1. The second kappa shape index (κ2) is 11.3. The number of hydrogen-bond donors (Lipinski definition) is 1. The SMILES string of the molecule is CCOC(=O)C(CCOc1ccc(Cl)cc1)N1CC2C(NC(=O)COc3ccc(Cl)cc3)[C@@H]2C1. The molecule has 2 aromatic carbocycles. The number of carbonyl (C=O) groups excluding carboxylic acids is 2. The van der Waals surface area contributed by atoms with Crippen molar-refractivity contribution in [2.24, 2.45) is 11.8 Å². The zero-order valence-electron chi connectivity index (χ0n) is 18.9. The first-order valence-electron chi connectivity index (χ1n) is 11.4. The molecule has 3 unspecified atom stereocenters. The lowest BCUT2D eigenvalue weighted by atomic mass is 10.1. The van der Waals surface area contributed by atoms with E-state index in [1.807, 2.05) is 0 Å². The van der Waals surface area contributed by atoms with E-state index in [1.54, 1.807) is 55.5 Å². The molecule has 34 heavy (non-hydrogen) atoms. The van der Waals surface area contributed by atoms with Crippen molar-refractivity contribution in [3.63, 3.8) is 0 Å². The molecule has 1 aliphatic carbocycles. The van der Waals surface area contributed by atoms with Crippen LogP contribution in [0.4, 0.5) is 0 Å². The van der Waals surface area contributed by atoms with Gasteiger partial charge in [-0.3, -0.25) is 14.5 Å². The van der Waals surface area contributed by atoms with Crippen LogP contribution < -0.4 is 14.8 Å². The van der Waals surface area contributed by atoms with Gasteiger partial charge in [-0.15, -0.1) is 0 Å². The van der Waals surface area contributed by atoms with Crippen LogP contribution in [-0.2, 0) is 14.3 Å². The number of ether oxygens (including phenoxy) is 3. The minimum absolute atomic E-state index is 0.0469. The number of hydrogen-bond acceptors (Lipinski definition) is 6. The summed E-state index contributed by atoms with van der Waals surface area (Å²) in [5, 5.41) is 4.31. The van der Waals surface area contributed by atoms with Crippen molar-refractivity contribution >= 4 is 35.1 Å². The molecule has 0 spiro atoms. The average Bonchev–Trinajstić information content (AvgIpc) is 3.25. The maximum absolute atomic E-state index is 12.6. The molecule has 1 N–H and O–H groups in total. The Morgan fingerprint density at radius 2 is 1.53 bits per heavy atom. The molecule has 7 nitrogen and oxygen atoms in total. The fraction of sp³-hybridized carbons (Fsp3) is 0.440. The van der Waals surface area contributed by atoms with Gasteiger partial charge in [0.05, 0.1) is 13.2 Å². The Kier molecular flexibility index (Phi) is 8.19. The normalized spacial score (nSPS) is 21.9. The van der Waals surface area contributed by atoms with Crippen LogP contribution in [0.25, 0.3) is 0 Å². The predicted octanol–water partition coefficient (Wildman–Crippen LogP) is 3.82. The lowest BCUT2D eigenvalue weighted by molar-refractivity contribution is -0.150. The van der Waals surface area contributed by atoms with Crippen molar-refractivity contribution in [3.8, 4) is 11.5 Å². The van der Waals surface area contributed by atoms with Gasteiger partial charge in [0.2, 0.25) is 0 Å². The maximum Gasteiger partial charge on any atom is 0.323 e. The van der Waals surface area contributed by atoms with Crippen LogP contribution in [0.15, 0.2) is 48.5 Å². The lowest BCUT2D eigenvalue weighted by Gasteiger charge is -2.28. The number of carbonyl (C=O) groups is 2. The van der Waals surface area contributed by atoms with Crippen molar-refractivity contribution in [2.75, 3.05) is 32.9 Å². The number of halogens is 2. The number of piperidine rings is 1. The van der Waals surface area contributed by atoms with Crippen molar-refractivity contribution in [1.82, 2.24) is 10.2 Å². The highest BCUT2D eigenvalue weighted by molar-refractivity contribution is 6.30. The van der Waals surface area contributed by atoms with Gasteiger partial charge < -0.3 is 19.5 Å². The summed E-state index contributed by atoms with van der Waals surface area (Å²) in [5.74, 6) is 1.57. The molecule has 4 atom stereocenters. The van der Waals surface area contributed by atoms with E-state index < -0.39 is 0 Å². The van der Waals surface area contributed by atoms with Crippen LogP contribution in [0.2, 0.25) is 10.0 Å². The topological polar surface area (TPSA) is 77.1 Å². The molecule has 1 saturated heterocycles. The first kappa shape index (κ1) is 24.6. The Morgan fingerprint density at radius 3 is 2.09 bits per heavy atom. The van der Waals surface area contributed by atoms with Crippen molar-refractivity contribution in [2.45, 2.75) is 25.4 Å². The Hall–Kier alpha value is -2.48. The van der Waals surface area contributed by atoms with Crippen LogP contribution in [0.5, 0.6) is 11.5 Å². The van der Waals surface area contributed by atoms with Gasteiger partial charge in [-0.05, 0) is 67.3 Å². The van der Waals surface area contributed by atoms with Gasteiger partial charge in [-0.1, -0.05) is 23.2 Å². The van der Waals surface area contributed by atoms with Crippen molar-refractivity contribution in [1.29, 1.82) is 0 Å². The summed E-state index contributed by atoms with van der Waals surface area (Å²) in [6.45, 7) is 3.95. The standard InChI is InChI=1S/C25H28Cl2N2O5/c1-2-32-25(31)22(11-12-33-18-7-3-16(26)4-8-18)29-13-20-21(14-29)24(20)28-23(30)15-34-19-9-5-17(27)6-10-19/h3-10,20-22,24H,2,11-15H2,1H3,(H,28,30)/t20-,21?,22?,24?/m1/s1. The monoisotopic (exact) mass is 506 g/mol. The molecule has 4 rings (SSSR count). The van der Waals surface area contributed by atoms with Gasteiger partial charge in [0.15, 0.2) is 6.61 Å². The molecule has 1 aliphatic heterocycles. The van der Waals surface area contributed by atoms with E-state index in [4.69, 9.17) is 37.4 Å². The van der Waals surface area contributed by atoms with Crippen LogP contribution in [0.1, 0.15) is 13.3 Å². The molecule has 1 saturated carbocycles. The summed E-state index contributed by atoms with van der Waals surface area (Å²) in [6.07, 6.45) is 0.521. The fourth-order valence-corrected chi connectivity index (χ4v) is 4.69. The van der Waals surface area contributed by atoms with Gasteiger partial charge in [0, 0.05) is 35.6 Å². The Bertz CT molecular complexity index is 974. The quantitative estimate of drug-likeness (QED) is 0.466. The minimum Gasteiger partial charge on any atom is -0.494 e. The molecule has 2 aromatic rings. The average molecular weight is 507 g/mol. The van der Waals surface area contributed by atoms with E-state index in [-0.39, 0.29) is 30.6 Å². The molecule has 1 heterocycles. The highest BCUT2D eigenvalue weighted by Crippen LogP contribution is 2.46. The largest absolute Gasteiger partial charge is 0.494 e. The summed E-state index contributed by atoms with van der Waals surface area (Å²) in [4.78, 5) is 27.0. The van der Waals surface area contributed by atoms with E-state index in [1.165, 1.54) is 0 Å². The number of amides is 1. The number of fused-ring (bicyclic) bond motifs is 1. The number of nitrogens with one attached hydrogen (secondary N) is 1. The number of likely N-dealkylation sites (tertiary alicyclic amines) is 1. The van der Waals surface area contributed by atoms with Gasteiger partial charge >= 0.3 is 5.97 Å². The minimum atomic E-state index is -0.371. The lowest BCUT2D eigenvalue weighted by Crippen LogP contribution is -2.45. The highest BCUT2D eigenvalue weighted by Gasteiger charge is 2.58. The molecule has 9 heteroatoms. The van der Waals surface area contributed by atoms with E-state index in [2.05, 4.69) is 10.2 Å². The summed E-state index contributed by atoms with van der Waals surface area (Å²) < 4.78 is 16.6. The molecule has 2 fully saturated rings. The Morgan fingerprint density at radius 1 is 0.971 bits per heavy atom. The number of rotatable bonds is 11. The second-order valence-corrected chi connectivity index (χ2v) is 9.35. The van der Waals surface area contributed by atoms with Gasteiger partial charge in [0.1, 0.15) is 17.5 Å². The zero-order chi connectivity index (χ0) is 24.1. The third kappa shape index (κ3) is 6.34. The molecular weight excluding hydrogens is 479 g/mol. The van der Waals surface area contributed by atoms with Crippen molar-refractivity contribution < 1.29 is 23.8 Å². The summed E-state index contributed by atoms with van der Waals surface area (Å²) in [7, 11) is 0. The fourth-order valence-electron chi connectivity index (χ4n) is 4.44. The van der Waals surface area contributed by atoms with Crippen molar-refractivity contribution in [3.05, 3.63) is 58.6 Å². The molecule has 0 bridgehead atoms. The third-order valence-electron chi connectivity index (χ3n) is 6.21. The first-order chi connectivity index (χ1) is 16.4. The van der Waals surface area contributed by atoms with Crippen LogP contribution in [0.3, 0.4) is 0 Å². The van der Waals surface area contributed by atoms with E-state index in [0.717, 1.165) is 13.1 Å². The smallest absolute Gasteiger partial charge is 0.323 e. The van der Waals surface area contributed by atoms with Gasteiger partial charge in [-0.25, -0.2) is 0 Å². The number of nitrogens with zero attached hydrogens (tertiary/aromatic N) is 1. The second-order valence-electron chi connectivity index (χ2n) is 8.48. The summed E-state index contributed by atoms with van der Waals surface area (Å²) in [6, 6.07) is 13.8. The molecule has 0 radical (unpaired) electrons. The molecule has 1 amide bonds. The Balaban J connectivity index is 1.22. The third-order valence-corrected chi connectivity index (χ3v) is 6.71. The van der Waals surface area contributed by atoms with E-state index in [9.17, 15) is 9.59 Å². The molecule has 182 valence electrons. The molecular formula is C25H28Cl2N2O5. The summed E-state index contributed by atoms with van der Waals surface area (Å²) in [5.41, 5.74) is 0. The van der Waals surface area contributed by atoms with Crippen LogP contribution >= 0.6 is 23.2 Å². The molecule has 0 aromatic heterocycles. The first-order valence-corrected chi connectivity index (χ1v) is 12.2. The summed E-state index contributed by atoms with van der Waals surface area (Å²) >= 11 is 11.8. The van der Waals surface area contributed by atoms with Crippen LogP contribution in [0, 0.1) is 11.8 Å². The predicted molar refractivity (Wildman–Crippen MR) is 129 cm³/mol. The molecule has 2 aliphatic rings. The van der Waals surface area contributed by atoms with Gasteiger partial charge in [-0.2, -0.15) is 0 Å². The highest BCUT2D eigenvalue weighted by atomic mass is 35.5.